The third-order valence-electron chi connectivity index (χ3n) is 2.34. The van der Waals surface area contributed by atoms with Gasteiger partial charge in [0.1, 0.15) is 17.3 Å². The predicted molar refractivity (Wildman–Crippen MR) is 66.7 cm³/mol. The SMILES string of the molecule is CNc1cc(-c2cnccn2)nc(C(C)C)n1. The number of anilines is 1. The second-order valence-electron chi connectivity index (χ2n) is 3.99. The van der Waals surface area contributed by atoms with Gasteiger partial charge in [0.15, 0.2) is 0 Å². The Morgan fingerprint density at radius 3 is 2.53 bits per heavy atom. The number of aromatic nitrogens is 4. The van der Waals surface area contributed by atoms with Crippen molar-refractivity contribution in [1.29, 1.82) is 0 Å². The number of hydrogen-bond acceptors (Lipinski definition) is 5. The quantitative estimate of drug-likeness (QED) is 0.873. The molecule has 0 aliphatic heterocycles. The van der Waals surface area contributed by atoms with Gasteiger partial charge >= 0.3 is 0 Å². The predicted octanol–water partition coefficient (Wildman–Crippen LogP) is 2.10. The fourth-order valence-corrected chi connectivity index (χ4v) is 1.41. The van der Waals surface area contributed by atoms with Crippen LogP contribution in [0, 0.1) is 0 Å². The van der Waals surface area contributed by atoms with Crippen LogP contribution in [0.4, 0.5) is 5.82 Å². The van der Waals surface area contributed by atoms with E-state index in [9.17, 15) is 0 Å². The topological polar surface area (TPSA) is 63.6 Å². The summed E-state index contributed by atoms with van der Waals surface area (Å²) in [5, 5.41) is 3.03. The Labute approximate surface area is 100 Å². The number of nitrogens with zero attached hydrogens (tertiary/aromatic N) is 4. The van der Waals surface area contributed by atoms with Crippen molar-refractivity contribution < 1.29 is 0 Å². The lowest BCUT2D eigenvalue weighted by Crippen LogP contribution is -2.03. The molecule has 17 heavy (non-hydrogen) atoms. The van der Waals surface area contributed by atoms with Crippen LogP contribution in [0.5, 0.6) is 0 Å². The molecule has 1 N–H and O–H groups in total. The smallest absolute Gasteiger partial charge is 0.134 e. The van der Waals surface area contributed by atoms with Crippen LogP contribution in [0.2, 0.25) is 0 Å². The molecule has 0 saturated carbocycles. The molecule has 2 heterocycles. The van der Waals surface area contributed by atoms with Gasteiger partial charge in [-0.3, -0.25) is 9.97 Å². The van der Waals surface area contributed by atoms with E-state index in [1.165, 1.54) is 0 Å². The normalized spacial score (nSPS) is 10.6. The Balaban J connectivity index is 2.50. The molecule has 0 radical (unpaired) electrons. The van der Waals surface area contributed by atoms with Gasteiger partial charge in [-0.1, -0.05) is 13.8 Å². The maximum absolute atomic E-state index is 4.50. The first kappa shape index (κ1) is 11.4. The second-order valence-corrected chi connectivity index (χ2v) is 3.99. The minimum atomic E-state index is 0.277. The minimum absolute atomic E-state index is 0.277. The van der Waals surface area contributed by atoms with Crippen molar-refractivity contribution in [2.24, 2.45) is 0 Å². The number of nitrogens with one attached hydrogen (secondary N) is 1. The van der Waals surface area contributed by atoms with Gasteiger partial charge in [0.2, 0.25) is 0 Å². The van der Waals surface area contributed by atoms with Crippen LogP contribution in [-0.4, -0.2) is 27.0 Å². The average Bonchev–Trinajstić information content (AvgIpc) is 2.39. The Morgan fingerprint density at radius 2 is 1.94 bits per heavy atom. The molecule has 0 fully saturated rings. The van der Waals surface area contributed by atoms with Crippen molar-refractivity contribution in [2.75, 3.05) is 12.4 Å². The summed E-state index contributed by atoms with van der Waals surface area (Å²) in [6.07, 6.45) is 5.00. The van der Waals surface area contributed by atoms with E-state index in [4.69, 9.17) is 0 Å². The second kappa shape index (κ2) is 4.86. The highest BCUT2D eigenvalue weighted by Crippen LogP contribution is 2.19. The van der Waals surface area contributed by atoms with Crippen molar-refractivity contribution in [3.63, 3.8) is 0 Å². The molecule has 0 spiro atoms. The van der Waals surface area contributed by atoms with Crippen LogP contribution in [0.1, 0.15) is 25.6 Å². The molecule has 0 unspecified atom stereocenters. The zero-order valence-corrected chi connectivity index (χ0v) is 10.2. The summed E-state index contributed by atoms with van der Waals surface area (Å²) in [5.74, 6) is 1.88. The maximum atomic E-state index is 4.50. The molecule has 0 saturated heterocycles. The zero-order chi connectivity index (χ0) is 12.3. The van der Waals surface area contributed by atoms with Crippen molar-refractivity contribution >= 4 is 5.82 Å². The summed E-state index contributed by atoms with van der Waals surface area (Å²) in [5.41, 5.74) is 1.55. The van der Waals surface area contributed by atoms with Crippen LogP contribution in [0.25, 0.3) is 11.4 Å². The summed E-state index contributed by atoms with van der Waals surface area (Å²) in [6.45, 7) is 4.13. The van der Waals surface area contributed by atoms with Gasteiger partial charge in [-0.15, -0.1) is 0 Å². The van der Waals surface area contributed by atoms with E-state index in [0.29, 0.717) is 0 Å². The van der Waals surface area contributed by atoms with Gasteiger partial charge in [-0.2, -0.15) is 0 Å². The summed E-state index contributed by atoms with van der Waals surface area (Å²) in [4.78, 5) is 17.2. The Morgan fingerprint density at radius 1 is 1.12 bits per heavy atom. The lowest BCUT2D eigenvalue weighted by atomic mass is 10.2. The summed E-state index contributed by atoms with van der Waals surface area (Å²) in [7, 11) is 1.84. The van der Waals surface area contributed by atoms with E-state index < -0.39 is 0 Å². The van der Waals surface area contributed by atoms with Crippen LogP contribution in [0.3, 0.4) is 0 Å². The molecule has 0 bridgehead atoms. The van der Waals surface area contributed by atoms with Crippen molar-refractivity contribution in [3.8, 4) is 11.4 Å². The van der Waals surface area contributed by atoms with Gasteiger partial charge in [0, 0.05) is 31.4 Å². The molecule has 5 heteroatoms. The Bertz CT molecular complexity index is 496. The molecule has 0 aliphatic carbocycles. The highest BCUT2D eigenvalue weighted by molar-refractivity contribution is 5.57. The molecule has 0 aromatic carbocycles. The third-order valence-corrected chi connectivity index (χ3v) is 2.34. The van der Waals surface area contributed by atoms with E-state index in [0.717, 1.165) is 23.0 Å². The first-order valence-electron chi connectivity index (χ1n) is 5.54. The summed E-state index contributed by atoms with van der Waals surface area (Å²) >= 11 is 0. The Hall–Kier alpha value is -2.04. The van der Waals surface area contributed by atoms with Gasteiger partial charge in [-0.05, 0) is 0 Å². The molecule has 5 nitrogen and oxygen atoms in total. The van der Waals surface area contributed by atoms with Gasteiger partial charge in [-0.25, -0.2) is 9.97 Å². The molecule has 0 amide bonds. The molecule has 2 aromatic heterocycles. The first-order chi connectivity index (χ1) is 8.20. The van der Waals surface area contributed by atoms with Gasteiger partial charge in [0.05, 0.1) is 11.9 Å². The zero-order valence-electron chi connectivity index (χ0n) is 10.2. The fourth-order valence-electron chi connectivity index (χ4n) is 1.41. The van der Waals surface area contributed by atoms with Crippen LogP contribution in [-0.2, 0) is 0 Å². The number of hydrogen-bond donors (Lipinski definition) is 1. The van der Waals surface area contributed by atoms with Crippen molar-refractivity contribution in [3.05, 3.63) is 30.5 Å². The number of rotatable bonds is 3. The minimum Gasteiger partial charge on any atom is -0.373 e. The lowest BCUT2D eigenvalue weighted by molar-refractivity contribution is 0.777. The van der Waals surface area contributed by atoms with Gasteiger partial charge < -0.3 is 5.32 Å². The van der Waals surface area contributed by atoms with Crippen LogP contribution < -0.4 is 5.32 Å². The standard InChI is InChI=1S/C12H15N5/c1-8(2)12-16-9(6-11(13-3)17-12)10-7-14-4-5-15-10/h4-8H,1-3H3,(H,13,16,17). The lowest BCUT2D eigenvalue weighted by Gasteiger charge is -2.09. The highest BCUT2D eigenvalue weighted by atomic mass is 15.0. The molecule has 88 valence electrons. The van der Waals surface area contributed by atoms with E-state index in [1.54, 1.807) is 18.6 Å². The molecule has 2 rings (SSSR count). The van der Waals surface area contributed by atoms with Crippen LogP contribution in [0.15, 0.2) is 24.7 Å². The Kier molecular flexibility index (Phi) is 3.27. The third kappa shape index (κ3) is 2.55. The fraction of sp³-hybridized carbons (Fsp3) is 0.333. The molecule has 0 atom stereocenters. The van der Waals surface area contributed by atoms with Crippen LogP contribution >= 0.6 is 0 Å². The molecule has 0 aliphatic rings. The molecular formula is C12H15N5. The van der Waals surface area contributed by atoms with E-state index >= 15 is 0 Å². The van der Waals surface area contributed by atoms with E-state index in [2.05, 4.69) is 39.1 Å². The summed E-state index contributed by atoms with van der Waals surface area (Å²) in [6, 6.07) is 1.87. The largest absolute Gasteiger partial charge is 0.373 e. The van der Waals surface area contributed by atoms with Crippen molar-refractivity contribution in [2.45, 2.75) is 19.8 Å². The molecular weight excluding hydrogens is 214 g/mol. The summed E-state index contributed by atoms with van der Waals surface area (Å²) < 4.78 is 0. The van der Waals surface area contributed by atoms with Crippen molar-refractivity contribution in [1.82, 2.24) is 19.9 Å². The highest BCUT2D eigenvalue weighted by Gasteiger charge is 2.09. The van der Waals surface area contributed by atoms with E-state index in [1.807, 2.05) is 13.1 Å². The first-order valence-corrected chi connectivity index (χ1v) is 5.54. The molecule has 2 aromatic rings. The monoisotopic (exact) mass is 229 g/mol. The maximum Gasteiger partial charge on any atom is 0.134 e. The van der Waals surface area contributed by atoms with Gasteiger partial charge in [0.25, 0.3) is 0 Å². The average molecular weight is 229 g/mol. The van der Waals surface area contributed by atoms with E-state index in [-0.39, 0.29) is 5.92 Å².